The highest BCUT2D eigenvalue weighted by molar-refractivity contribution is 5.78. The number of nitrogens with zero attached hydrogens (tertiary/aromatic N) is 1. The standard InChI is InChI=1S/C15H13NO2/c17-10-13-5-2-8-16-15(13)18-14-7-6-11-3-1-4-12(11)9-14/h2,5-10H,1,3-4H2. The molecule has 1 aliphatic rings. The van der Waals surface area contributed by atoms with E-state index in [2.05, 4.69) is 11.1 Å². The molecule has 2 aromatic rings. The Morgan fingerprint density at radius 1 is 1.17 bits per heavy atom. The maximum Gasteiger partial charge on any atom is 0.229 e. The van der Waals surface area contributed by atoms with Gasteiger partial charge in [0.25, 0.3) is 0 Å². The van der Waals surface area contributed by atoms with Crippen molar-refractivity contribution < 1.29 is 9.53 Å². The van der Waals surface area contributed by atoms with E-state index in [1.165, 1.54) is 17.5 Å². The third-order valence-corrected chi connectivity index (χ3v) is 3.21. The van der Waals surface area contributed by atoms with Crippen LogP contribution in [0, 0.1) is 0 Å². The second kappa shape index (κ2) is 4.61. The van der Waals surface area contributed by atoms with Crippen LogP contribution in [0.3, 0.4) is 0 Å². The molecule has 90 valence electrons. The van der Waals surface area contributed by atoms with Crippen molar-refractivity contribution >= 4 is 6.29 Å². The van der Waals surface area contributed by atoms with E-state index in [9.17, 15) is 4.79 Å². The number of carbonyl (C=O) groups excluding carboxylic acids is 1. The molecule has 0 amide bonds. The number of rotatable bonds is 3. The number of aldehydes is 1. The molecule has 3 nitrogen and oxygen atoms in total. The summed E-state index contributed by atoms with van der Waals surface area (Å²) in [5.74, 6) is 1.11. The van der Waals surface area contributed by atoms with Crippen molar-refractivity contribution in [3.63, 3.8) is 0 Å². The highest BCUT2D eigenvalue weighted by atomic mass is 16.5. The predicted octanol–water partition coefficient (Wildman–Crippen LogP) is 3.18. The maximum absolute atomic E-state index is 10.9. The topological polar surface area (TPSA) is 39.2 Å². The normalized spacial score (nSPS) is 13.1. The number of carbonyl (C=O) groups is 1. The third-order valence-electron chi connectivity index (χ3n) is 3.21. The lowest BCUT2D eigenvalue weighted by molar-refractivity contribution is 0.112. The molecular weight excluding hydrogens is 226 g/mol. The lowest BCUT2D eigenvalue weighted by Gasteiger charge is -2.08. The van der Waals surface area contributed by atoms with Gasteiger partial charge in [-0.05, 0) is 54.7 Å². The van der Waals surface area contributed by atoms with Crippen LogP contribution in [-0.4, -0.2) is 11.3 Å². The van der Waals surface area contributed by atoms with Gasteiger partial charge in [0, 0.05) is 6.20 Å². The van der Waals surface area contributed by atoms with E-state index >= 15 is 0 Å². The lowest BCUT2D eigenvalue weighted by atomic mass is 10.1. The summed E-state index contributed by atoms with van der Waals surface area (Å²) in [5.41, 5.74) is 3.22. The molecular formula is C15H13NO2. The zero-order chi connectivity index (χ0) is 12.4. The van der Waals surface area contributed by atoms with Gasteiger partial charge < -0.3 is 4.74 Å². The molecule has 1 aromatic heterocycles. The fraction of sp³-hybridized carbons (Fsp3) is 0.200. The van der Waals surface area contributed by atoms with Crippen molar-refractivity contribution in [2.75, 3.05) is 0 Å². The molecule has 1 heterocycles. The van der Waals surface area contributed by atoms with E-state index in [1.807, 2.05) is 12.1 Å². The molecule has 0 aliphatic heterocycles. The van der Waals surface area contributed by atoms with Crippen LogP contribution in [0.4, 0.5) is 0 Å². The number of hydrogen-bond acceptors (Lipinski definition) is 3. The summed E-state index contributed by atoms with van der Waals surface area (Å²) in [7, 11) is 0. The Kier molecular flexibility index (Phi) is 2.81. The summed E-state index contributed by atoms with van der Waals surface area (Å²) in [5, 5.41) is 0. The first-order valence-electron chi connectivity index (χ1n) is 6.06. The van der Waals surface area contributed by atoms with E-state index in [0.717, 1.165) is 24.9 Å². The molecule has 0 saturated carbocycles. The first-order chi connectivity index (χ1) is 8.86. The van der Waals surface area contributed by atoms with Crippen molar-refractivity contribution in [1.29, 1.82) is 0 Å². The Hall–Kier alpha value is -2.16. The zero-order valence-electron chi connectivity index (χ0n) is 9.93. The van der Waals surface area contributed by atoms with Crippen LogP contribution in [-0.2, 0) is 12.8 Å². The minimum atomic E-state index is 0.366. The number of ether oxygens (including phenoxy) is 1. The number of hydrogen-bond donors (Lipinski definition) is 0. The highest BCUT2D eigenvalue weighted by Gasteiger charge is 2.12. The molecule has 0 spiro atoms. The van der Waals surface area contributed by atoms with Crippen LogP contribution in [0.2, 0.25) is 0 Å². The Bertz CT molecular complexity index is 593. The fourth-order valence-electron chi connectivity index (χ4n) is 2.30. The Morgan fingerprint density at radius 3 is 2.94 bits per heavy atom. The molecule has 0 atom stereocenters. The van der Waals surface area contributed by atoms with Gasteiger partial charge in [-0.2, -0.15) is 0 Å². The first-order valence-corrected chi connectivity index (χ1v) is 6.06. The first kappa shape index (κ1) is 11.0. The summed E-state index contributed by atoms with van der Waals surface area (Å²) in [6.07, 6.45) is 5.85. The molecule has 18 heavy (non-hydrogen) atoms. The van der Waals surface area contributed by atoms with Crippen LogP contribution >= 0.6 is 0 Å². The molecule has 0 fully saturated rings. The van der Waals surface area contributed by atoms with Gasteiger partial charge in [0.05, 0.1) is 5.56 Å². The molecule has 3 heteroatoms. The second-order valence-electron chi connectivity index (χ2n) is 4.40. The van der Waals surface area contributed by atoms with Crippen molar-refractivity contribution in [1.82, 2.24) is 4.98 Å². The molecule has 0 N–H and O–H groups in total. The van der Waals surface area contributed by atoms with Crippen LogP contribution in [0.1, 0.15) is 27.9 Å². The van der Waals surface area contributed by atoms with E-state index in [-0.39, 0.29) is 0 Å². The minimum Gasteiger partial charge on any atom is -0.438 e. The van der Waals surface area contributed by atoms with Gasteiger partial charge >= 0.3 is 0 Å². The SMILES string of the molecule is O=Cc1cccnc1Oc1ccc2c(c1)CCC2. The van der Waals surface area contributed by atoms with Crippen molar-refractivity contribution in [2.45, 2.75) is 19.3 Å². The van der Waals surface area contributed by atoms with E-state index in [0.29, 0.717) is 11.4 Å². The monoisotopic (exact) mass is 239 g/mol. The van der Waals surface area contributed by atoms with Gasteiger partial charge in [0.15, 0.2) is 6.29 Å². The zero-order valence-corrected chi connectivity index (χ0v) is 9.93. The second-order valence-corrected chi connectivity index (χ2v) is 4.40. The summed E-state index contributed by atoms with van der Waals surface area (Å²) >= 11 is 0. The molecule has 0 bridgehead atoms. The van der Waals surface area contributed by atoms with E-state index in [4.69, 9.17) is 4.74 Å². The highest BCUT2D eigenvalue weighted by Crippen LogP contribution is 2.28. The fourth-order valence-corrected chi connectivity index (χ4v) is 2.30. The molecule has 1 aliphatic carbocycles. The van der Waals surface area contributed by atoms with Gasteiger partial charge in [0.2, 0.25) is 5.88 Å². The summed E-state index contributed by atoms with van der Waals surface area (Å²) in [4.78, 5) is 15.0. The van der Waals surface area contributed by atoms with Crippen LogP contribution in [0.15, 0.2) is 36.5 Å². The number of aromatic nitrogens is 1. The molecule has 0 radical (unpaired) electrons. The average Bonchev–Trinajstić information content (AvgIpc) is 2.87. The van der Waals surface area contributed by atoms with Gasteiger partial charge in [-0.3, -0.25) is 4.79 Å². The largest absolute Gasteiger partial charge is 0.438 e. The van der Waals surface area contributed by atoms with Gasteiger partial charge in [-0.1, -0.05) is 6.07 Å². The Balaban J connectivity index is 1.90. The van der Waals surface area contributed by atoms with Gasteiger partial charge in [0.1, 0.15) is 5.75 Å². The van der Waals surface area contributed by atoms with Gasteiger partial charge in [-0.15, -0.1) is 0 Å². The molecule has 0 unspecified atom stereocenters. The molecule has 1 aromatic carbocycles. The number of aryl methyl sites for hydroxylation is 2. The van der Waals surface area contributed by atoms with Crippen molar-refractivity contribution in [2.24, 2.45) is 0 Å². The van der Waals surface area contributed by atoms with Crippen LogP contribution < -0.4 is 4.74 Å². The minimum absolute atomic E-state index is 0.366. The van der Waals surface area contributed by atoms with E-state index in [1.54, 1.807) is 18.3 Å². The summed E-state index contributed by atoms with van der Waals surface area (Å²) in [6, 6.07) is 9.50. The molecule has 3 rings (SSSR count). The smallest absolute Gasteiger partial charge is 0.229 e. The molecule has 0 saturated heterocycles. The van der Waals surface area contributed by atoms with Crippen LogP contribution in [0.5, 0.6) is 11.6 Å². The number of pyridine rings is 1. The van der Waals surface area contributed by atoms with Crippen molar-refractivity contribution in [3.05, 3.63) is 53.2 Å². The quantitative estimate of drug-likeness (QED) is 0.772. The van der Waals surface area contributed by atoms with Crippen LogP contribution in [0.25, 0.3) is 0 Å². The summed E-state index contributed by atoms with van der Waals surface area (Å²) in [6.45, 7) is 0. The Labute approximate surface area is 105 Å². The maximum atomic E-state index is 10.9. The van der Waals surface area contributed by atoms with Crippen molar-refractivity contribution in [3.8, 4) is 11.6 Å². The van der Waals surface area contributed by atoms with E-state index < -0.39 is 0 Å². The third kappa shape index (κ3) is 1.99. The number of benzene rings is 1. The lowest BCUT2D eigenvalue weighted by Crippen LogP contribution is -1.94. The summed E-state index contributed by atoms with van der Waals surface area (Å²) < 4.78 is 5.68. The Morgan fingerprint density at radius 2 is 2.06 bits per heavy atom. The number of fused-ring (bicyclic) bond motifs is 1. The predicted molar refractivity (Wildman–Crippen MR) is 68.2 cm³/mol. The van der Waals surface area contributed by atoms with Gasteiger partial charge in [-0.25, -0.2) is 4.98 Å². The average molecular weight is 239 g/mol.